The molecule has 5 nitrogen and oxygen atoms in total. The number of carboxylic acid groups (broad SMARTS) is 1. The zero-order chi connectivity index (χ0) is 17.9. The number of nitrogens with zero attached hydrogens (tertiary/aromatic N) is 1. The summed E-state index contributed by atoms with van der Waals surface area (Å²) >= 11 is 3.41. The minimum atomic E-state index is -0.814. The molecule has 0 aliphatic carbocycles. The van der Waals surface area contributed by atoms with Gasteiger partial charge in [0.25, 0.3) is 0 Å². The molecule has 0 aromatic heterocycles. The number of hydrogen-bond acceptors (Lipinski definition) is 3. The first-order chi connectivity index (χ1) is 11.2. The summed E-state index contributed by atoms with van der Waals surface area (Å²) in [7, 11) is 0. The standard InChI is InChI=1S/C18H24BrNO4/c1-18(2,3)24-17(23)20-8-7-13(11-20)15(16(21)22)10-12-5-4-6-14(19)9-12/h4-6,9,13,15H,7-8,10-11H2,1-3H3,(H,21,22)/t13-,15?/m1/s1. The van der Waals surface area contributed by atoms with Gasteiger partial charge in [-0.2, -0.15) is 0 Å². The van der Waals surface area contributed by atoms with Crippen molar-refractivity contribution >= 4 is 28.0 Å². The van der Waals surface area contributed by atoms with Gasteiger partial charge in [0.05, 0.1) is 5.92 Å². The first kappa shape index (κ1) is 18.8. The molecule has 0 radical (unpaired) electrons. The molecule has 1 unspecified atom stereocenters. The van der Waals surface area contributed by atoms with E-state index in [4.69, 9.17) is 4.74 Å². The molecule has 132 valence electrons. The Kier molecular flexibility index (Phi) is 5.91. The van der Waals surface area contributed by atoms with Crippen LogP contribution in [0.4, 0.5) is 4.79 Å². The number of carbonyl (C=O) groups is 2. The highest BCUT2D eigenvalue weighted by atomic mass is 79.9. The minimum Gasteiger partial charge on any atom is -0.481 e. The maximum atomic E-state index is 12.2. The molecule has 0 saturated carbocycles. The van der Waals surface area contributed by atoms with E-state index in [2.05, 4.69) is 15.9 Å². The summed E-state index contributed by atoms with van der Waals surface area (Å²) in [5, 5.41) is 9.63. The van der Waals surface area contributed by atoms with Crippen molar-refractivity contribution in [3.63, 3.8) is 0 Å². The number of hydrogen-bond donors (Lipinski definition) is 1. The maximum Gasteiger partial charge on any atom is 0.410 e. The third-order valence-electron chi connectivity index (χ3n) is 4.11. The fraction of sp³-hybridized carbons (Fsp3) is 0.556. The number of benzene rings is 1. The summed E-state index contributed by atoms with van der Waals surface area (Å²) in [6.45, 7) is 6.45. The fourth-order valence-electron chi connectivity index (χ4n) is 2.98. The molecule has 0 spiro atoms. The van der Waals surface area contributed by atoms with Crippen LogP contribution in [0, 0.1) is 11.8 Å². The summed E-state index contributed by atoms with van der Waals surface area (Å²) in [5.74, 6) is -1.38. The van der Waals surface area contributed by atoms with Gasteiger partial charge in [-0.05, 0) is 57.2 Å². The van der Waals surface area contributed by atoms with E-state index >= 15 is 0 Å². The highest BCUT2D eigenvalue weighted by Gasteiger charge is 2.37. The maximum absolute atomic E-state index is 12.2. The van der Waals surface area contributed by atoms with Gasteiger partial charge in [-0.1, -0.05) is 28.1 Å². The monoisotopic (exact) mass is 397 g/mol. The van der Waals surface area contributed by atoms with Crippen LogP contribution in [0.5, 0.6) is 0 Å². The molecule has 2 rings (SSSR count). The van der Waals surface area contributed by atoms with Crippen LogP contribution in [-0.2, 0) is 16.0 Å². The average Bonchev–Trinajstić information content (AvgIpc) is 2.92. The van der Waals surface area contributed by atoms with Gasteiger partial charge in [0.2, 0.25) is 0 Å². The van der Waals surface area contributed by atoms with E-state index in [0.717, 1.165) is 10.0 Å². The summed E-state index contributed by atoms with van der Waals surface area (Å²) in [5.41, 5.74) is 0.435. The van der Waals surface area contributed by atoms with Crippen LogP contribution >= 0.6 is 15.9 Å². The Morgan fingerprint density at radius 3 is 2.71 bits per heavy atom. The number of ether oxygens (including phenoxy) is 1. The van der Waals surface area contributed by atoms with Crippen LogP contribution in [0.2, 0.25) is 0 Å². The van der Waals surface area contributed by atoms with Gasteiger partial charge in [-0.15, -0.1) is 0 Å². The van der Waals surface area contributed by atoms with Crippen molar-refractivity contribution in [3.05, 3.63) is 34.3 Å². The van der Waals surface area contributed by atoms with Gasteiger partial charge in [0, 0.05) is 17.6 Å². The quantitative estimate of drug-likeness (QED) is 0.834. The second-order valence-corrected chi connectivity index (χ2v) is 8.17. The molecule has 0 bridgehead atoms. The zero-order valence-corrected chi connectivity index (χ0v) is 15.9. The Morgan fingerprint density at radius 1 is 1.42 bits per heavy atom. The number of carboxylic acids is 1. The Morgan fingerprint density at radius 2 is 2.12 bits per heavy atom. The van der Waals surface area contributed by atoms with E-state index < -0.39 is 17.5 Å². The van der Waals surface area contributed by atoms with E-state index in [1.54, 1.807) is 4.90 Å². The molecule has 1 aliphatic rings. The Balaban J connectivity index is 2.02. The topological polar surface area (TPSA) is 66.8 Å². The van der Waals surface area contributed by atoms with Gasteiger partial charge in [-0.3, -0.25) is 4.79 Å². The molecule has 2 atom stereocenters. The smallest absolute Gasteiger partial charge is 0.410 e. The highest BCUT2D eigenvalue weighted by Crippen LogP contribution is 2.29. The van der Waals surface area contributed by atoms with Crippen LogP contribution in [0.25, 0.3) is 0 Å². The average molecular weight is 398 g/mol. The normalized spacial score (nSPS) is 19.2. The number of likely N-dealkylation sites (tertiary alicyclic amines) is 1. The lowest BCUT2D eigenvalue weighted by Gasteiger charge is -2.25. The van der Waals surface area contributed by atoms with E-state index in [1.165, 1.54) is 0 Å². The first-order valence-corrected chi connectivity index (χ1v) is 8.90. The Labute approximate surface area is 151 Å². The van der Waals surface area contributed by atoms with Crippen LogP contribution in [-0.4, -0.2) is 40.8 Å². The molecule has 1 amide bonds. The predicted octanol–water partition coefficient (Wildman–Crippen LogP) is 3.95. The van der Waals surface area contributed by atoms with Gasteiger partial charge < -0.3 is 14.7 Å². The van der Waals surface area contributed by atoms with Gasteiger partial charge in [0.1, 0.15) is 5.60 Å². The number of amides is 1. The van der Waals surface area contributed by atoms with E-state index in [0.29, 0.717) is 25.9 Å². The molecule has 1 aliphatic heterocycles. The van der Waals surface area contributed by atoms with Crippen LogP contribution in [0.1, 0.15) is 32.8 Å². The number of rotatable bonds is 4. The van der Waals surface area contributed by atoms with Crippen molar-refractivity contribution in [1.29, 1.82) is 0 Å². The number of halogens is 1. The lowest BCUT2D eigenvalue weighted by molar-refractivity contribution is -0.143. The molecule has 1 fully saturated rings. The Hall–Kier alpha value is -1.56. The summed E-state index contributed by atoms with van der Waals surface area (Å²) < 4.78 is 6.31. The van der Waals surface area contributed by atoms with Crippen molar-refractivity contribution in [3.8, 4) is 0 Å². The molecule has 1 aromatic carbocycles. The van der Waals surface area contributed by atoms with Gasteiger partial charge in [-0.25, -0.2) is 4.79 Å². The third-order valence-corrected chi connectivity index (χ3v) is 4.60. The van der Waals surface area contributed by atoms with E-state index in [9.17, 15) is 14.7 Å². The highest BCUT2D eigenvalue weighted by molar-refractivity contribution is 9.10. The van der Waals surface area contributed by atoms with Crippen molar-refractivity contribution < 1.29 is 19.4 Å². The minimum absolute atomic E-state index is 0.0611. The molecule has 1 N–H and O–H groups in total. The molecule has 1 heterocycles. The molecular formula is C18H24BrNO4. The second kappa shape index (κ2) is 7.55. The number of carbonyl (C=O) groups excluding carboxylic acids is 1. The molecular weight excluding hydrogens is 374 g/mol. The molecule has 1 saturated heterocycles. The number of aliphatic carboxylic acids is 1. The molecule has 6 heteroatoms. The predicted molar refractivity (Wildman–Crippen MR) is 94.9 cm³/mol. The van der Waals surface area contributed by atoms with Crippen LogP contribution in [0.3, 0.4) is 0 Å². The van der Waals surface area contributed by atoms with Crippen molar-refractivity contribution in [1.82, 2.24) is 4.90 Å². The summed E-state index contributed by atoms with van der Waals surface area (Å²) in [6.07, 6.45) is 0.780. The molecule has 1 aromatic rings. The van der Waals surface area contributed by atoms with E-state index in [-0.39, 0.29) is 12.0 Å². The zero-order valence-electron chi connectivity index (χ0n) is 14.3. The van der Waals surface area contributed by atoms with Gasteiger partial charge in [0.15, 0.2) is 0 Å². The third kappa shape index (κ3) is 5.23. The molecule has 24 heavy (non-hydrogen) atoms. The lowest BCUT2D eigenvalue weighted by atomic mass is 9.86. The Bertz CT molecular complexity index is 611. The van der Waals surface area contributed by atoms with Crippen molar-refractivity contribution in [2.24, 2.45) is 11.8 Å². The second-order valence-electron chi connectivity index (χ2n) is 7.25. The lowest BCUT2D eigenvalue weighted by Crippen LogP contribution is -2.36. The largest absolute Gasteiger partial charge is 0.481 e. The fourth-order valence-corrected chi connectivity index (χ4v) is 3.43. The summed E-state index contributed by atoms with van der Waals surface area (Å²) in [4.78, 5) is 25.5. The SMILES string of the molecule is CC(C)(C)OC(=O)N1CC[C@@H](C(Cc2cccc(Br)c2)C(=O)O)C1. The first-order valence-electron chi connectivity index (χ1n) is 8.11. The van der Waals surface area contributed by atoms with Crippen LogP contribution < -0.4 is 0 Å². The summed E-state index contributed by atoms with van der Waals surface area (Å²) in [6, 6.07) is 7.69. The van der Waals surface area contributed by atoms with Gasteiger partial charge >= 0.3 is 12.1 Å². The van der Waals surface area contributed by atoms with Crippen molar-refractivity contribution in [2.75, 3.05) is 13.1 Å². The van der Waals surface area contributed by atoms with Crippen molar-refractivity contribution in [2.45, 2.75) is 39.2 Å². The van der Waals surface area contributed by atoms with Crippen LogP contribution in [0.15, 0.2) is 28.7 Å². The van der Waals surface area contributed by atoms with E-state index in [1.807, 2.05) is 45.0 Å².